The van der Waals surface area contributed by atoms with Gasteiger partial charge in [0.1, 0.15) is 12.4 Å². The number of benzene rings is 5. The minimum atomic E-state index is -3.63. The summed E-state index contributed by atoms with van der Waals surface area (Å²) in [6.45, 7) is 1.17. The normalized spacial score (nSPS) is 12.4. The van der Waals surface area contributed by atoms with Crippen molar-refractivity contribution in [3.8, 4) is 11.5 Å². The number of quaternary nitrogens is 1. The van der Waals surface area contributed by atoms with Crippen molar-refractivity contribution in [2.24, 2.45) is 0 Å². The van der Waals surface area contributed by atoms with Gasteiger partial charge in [0.15, 0.2) is 0 Å². The molecule has 0 saturated carbocycles. The third-order valence-electron chi connectivity index (χ3n) is 9.05. The van der Waals surface area contributed by atoms with Crippen LogP contribution in [-0.4, -0.2) is 64.2 Å². The van der Waals surface area contributed by atoms with Gasteiger partial charge in [-0.25, -0.2) is 0 Å². The van der Waals surface area contributed by atoms with Crippen LogP contribution in [0.2, 0.25) is 0 Å². The van der Waals surface area contributed by atoms with E-state index in [1.165, 1.54) is 5.56 Å². The number of likely N-dealkylation sites (N-methyl/N-ethyl adjacent to an activating group) is 1. The van der Waals surface area contributed by atoms with Gasteiger partial charge in [0.25, 0.3) is 0 Å². The van der Waals surface area contributed by atoms with Crippen molar-refractivity contribution in [2.75, 3.05) is 53.2 Å². The molecule has 0 aliphatic rings. The van der Waals surface area contributed by atoms with E-state index in [0.717, 1.165) is 57.8 Å². The summed E-state index contributed by atoms with van der Waals surface area (Å²) in [5.41, 5.74) is 1.25. The van der Waals surface area contributed by atoms with E-state index >= 15 is 0 Å². The van der Waals surface area contributed by atoms with Gasteiger partial charge in [-0.1, -0.05) is 18.2 Å². The molecule has 256 valence electrons. The summed E-state index contributed by atoms with van der Waals surface area (Å²) in [5.74, 6) is 1.72. The number of hydrogen-bond acceptors (Lipinski definition) is 5. The first-order valence-electron chi connectivity index (χ1n) is 17.0. The second kappa shape index (κ2) is 17.3. The fourth-order valence-electron chi connectivity index (χ4n) is 6.51. The van der Waals surface area contributed by atoms with Gasteiger partial charge in [-0.3, -0.25) is 0 Å². The molecule has 5 aromatic carbocycles. The van der Waals surface area contributed by atoms with E-state index in [-0.39, 0.29) is 0 Å². The van der Waals surface area contributed by atoms with Crippen LogP contribution in [0.15, 0.2) is 146 Å². The van der Waals surface area contributed by atoms with Crippen LogP contribution in [0, 0.1) is 0 Å². The average Bonchev–Trinajstić information content (AvgIpc) is 3.14. The molecular formula is C42H49NO5P+. The molecule has 0 bridgehead atoms. The fourth-order valence-corrected chi connectivity index (χ4v) is 12.1. The summed E-state index contributed by atoms with van der Waals surface area (Å²) in [5, 5.41) is 3.12. The standard InChI is InChI=1S/C42H49NO5P/c1-43(2,29-31-45-32-33-47-38-17-7-3-8-18-38)35-37-25-27-39(28-26-37)46-30-15-16-34-49(48-36-44,40-19-9-4-10-20-40,41-21-11-5-12-22-41)42-23-13-6-14-24-42/h3-14,17-28,36H,15-16,29-35H2,1-2H3/q+1. The van der Waals surface area contributed by atoms with E-state index in [1.54, 1.807) is 0 Å². The monoisotopic (exact) mass is 678 g/mol. The molecule has 0 saturated heterocycles. The van der Waals surface area contributed by atoms with Crippen LogP contribution in [0.3, 0.4) is 0 Å². The van der Waals surface area contributed by atoms with E-state index in [4.69, 9.17) is 18.7 Å². The number of rotatable bonds is 20. The molecule has 49 heavy (non-hydrogen) atoms. The van der Waals surface area contributed by atoms with E-state index in [1.807, 2.05) is 84.9 Å². The molecule has 0 radical (unpaired) electrons. The third kappa shape index (κ3) is 8.96. The van der Waals surface area contributed by atoms with Crippen LogP contribution in [0.5, 0.6) is 11.5 Å². The number of unbranched alkanes of at least 4 members (excludes halogenated alkanes) is 1. The molecule has 0 amide bonds. The van der Waals surface area contributed by atoms with Crippen LogP contribution in [0.25, 0.3) is 0 Å². The first kappa shape index (κ1) is 35.8. The van der Waals surface area contributed by atoms with Gasteiger partial charge in [-0.15, -0.1) is 0 Å². The van der Waals surface area contributed by atoms with Gasteiger partial charge >= 0.3 is 227 Å². The molecule has 0 aromatic heterocycles. The van der Waals surface area contributed by atoms with Gasteiger partial charge in [0.2, 0.25) is 0 Å². The quantitative estimate of drug-likeness (QED) is 0.0380. The van der Waals surface area contributed by atoms with Crippen molar-refractivity contribution in [2.45, 2.75) is 19.4 Å². The van der Waals surface area contributed by atoms with E-state index in [9.17, 15) is 4.79 Å². The van der Waals surface area contributed by atoms with Crippen molar-refractivity contribution in [3.05, 3.63) is 151 Å². The van der Waals surface area contributed by atoms with Gasteiger partial charge in [-0.05, 0) is 12.1 Å². The topological polar surface area (TPSA) is 54.0 Å². The molecular weight excluding hydrogens is 629 g/mol. The zero-order valence-corrected chi connectivity index (χ0v) is 29.6. The van der Waals surface area contributed by atoms with Gasteiger partial charge < -0.3 is 9.47 Å². The number of carbonyl (C=O) groups is 1. The van der Waals surface area contributed by atoms with E-state index in [2.05, 4.69) is 74.8 Å². The summed E-state index contributed by atoms with van der Waals surface area (Å²) in [7, 11) is 4.44. The number of carbonyl (C=O) groups excluding carboxylic acids is 1. The van der Waals surface area contributed by atoms with E-state index in [0.29, 0.717) is 39.1 Å². The van der Waals surface area contributed by atoms with Crippen molar-refractivity contribution in [3.63, 3.8) is 0 Å². The van der Waals surface area contributed by atoms with Gasteiger partial charge in [0.05, 0.1) is 13.2 Å². The summed E-state index contributed by atoms with van der Waals surface area (Å²) >= 11 is 0. The summed E-state index contributed by atoms with van der Waals surface area (Å²) in [6.07, 6.45) is 2.31. The molecule has 5 aromatic rings. The Morgan fingerprint density at radius 1 is 0.551 bits per heavy atom. The number of para-hydroxylation sites is 1. The van der Waals surface area contributed by atoms with Crippen molar-refractivity contribution >= 4 is 29.2 Å². The molecule has 5 rings (SSSR count). The Kier molecular flexibility index (Phi) is 12.6. The SMILES string of the molecule is C[N+](C)(CCOCCOc1ccccc1)Cc1ccc(OCCCCP(OC=O)(c2ccccc2)(c2ccccc2)c2ccccc2)cc1. The van der Waals surface area contributed by atoms with Crippen LogP contribution >= 0.6 is 6.83 Å². The summed E-state index contributed by atoms with van der Waals surface area (Å²) in [6, 6.07) is 49.0. The van der Waals surface area contributed by atoms with Crippen molar-refractivity contribution in [1.29, 1.82) is 0 Å². The maximum atomic E-state index is 12.4. The average molecular weight is 679 g/mol. The number of ether oxygens (including phenoxy) is 3. The Morgan fingerprint density at radius 3 is 1.57 bits per heavy atom. The Bertz CT molecular complexity index is 1580. The summed E-state index contributed by atoms with van der Waals surface area (Å²) in [4.78, 5) is 12.4. The first-order chi connectivity index (χ1) is 23.9. The predicted molar refractivity (Wildman–Crippen MR) is 202 cm³/mol. The fraction of sp³-hybridized carbons (Fsp3) is 0.262. The number of nitrogens with zero attached hydrogens (tertiary/aromatic N) is 1. The maximum absolute atomic E-state index is 12.4. The van der Waals surface area contributed by atoms with Gasteiger partial charge in [0, 0.05) is 0 Å². The van der Waals surface area contributed by atoms with E-state index < -0.39 is 6.83 Å². The molecule has 0 aliphatic carbocycles. The zero-order chi connectivity index (χ0) is 34.3. The zero-order valence-electron chi connectivity index (χ0n) is 28.7. The van der Waals surface area contributed by atoms with Crippen LogP contribution in [-0.2, 0) is 20.6 Å². The molecule has 6 nitrogen and oxygen atoms in total. The Labute approximate surface area is 291 Å². The molecule has 0 aliphatic heterocycles. The van der Waals surface area contributed by atoms with Crippen LogP contribution in [0.4, 0.5) is 0 Å². The molecule has 0 fully saturated rings. The van der Waals surface area contributed by atoms with Crippen LogP contribution < -0.4 is 25.4 Å². The second-order valence-electron chi connectivity index (χ2n) is 12.9. The first-order valence-corrected chi connectivity index (χ1v) is 19.4. The second-order valence-corrected chi connectivity index (χ2v) is 17.6. The molecule has 0 unspecified atom stereocenters. The molecule has 0 spiro atoms. The Hall–Kier alpha value is -4.48. The minimum absolute atomic E-state index is 0.543. The molecule has 0 N–H and O–H groups in total. The van der Waals surface area contributed by atoms with Gasteiger partial charge in [-0.2, -0.15) is 0 Å². The van der Waals surface area contributed by atoms with Crippen molar-refractivity contribution in [1.82, 2.24) is 0 Å². The van der Waals surface area contributed by atoms with Crippen LogP contribution in [0.1, 0.15) is 18.4 Å². The summed E-state index contributed by atoms with van der Waals surface area (Å²) < 4.78 is 25.1. The third-order valence-corrected chi connectivity index (χ3v) is 14.9. The predicted octanol–water partition coefficient (Wildman–Crippen LogP) is 7.14. The molecule has 7 heteroatoms. The Morgan fingerprint density at radius 2 is 1.04 bits per heavy atom. The Balaban J connectivity index is 1.16. The molecule has 0 atom stereocenters. The van der Waals surface area contributed by atoms with Crippen molar-refractivity contribution < 1.29 is 28.0 Å². The molecule has 0 heterocycles. The number of hydrogen-bond donors (Lipinski definition) is 0.